The van der Waals surface area contributed by atoms with E-state index in [0.29, 0.717) is 0 Å². The molecular weight excluding hydrogens is 200 g/mol. The minimum atomic E-state index is 0.00114. The standard InChI is InChI=1S/C13H25N2O/c16-13-10-15(11-13)8-6-14(7-9-15)12-4-2-1-3-5-12/h12-13,16H,1-11H2/q+1. The summed E-state index contributed by atoms with van der Waals surface area (Å²) in [4.78, 5) is 2.73. The van der Waals surface area contributed by atoms with Crippen molar-refractivity contribution in [2.75, 3.05) is 39.3 Å². The molecular formula is C13H25N2O+. The van der Waals surface area contributed by atoms with Gasteiger partial charge >= 0.3 is 0 Å². The molecule has 0 atom stereocenters. The van der Waals surface area contributed by atoms with Crippen LogP contribution in [0.2, 0.25) is 0 Å². The van der Waals surface area contributed by atoms with Crippen molar-refractivity contribution in [1.82, 2.24) is 4.90 Å². The summed E-state index contributed by atoms with van der Waals surface area (Å²) < 4.78 is 1.21. The molecule has 2 heterocycles. The molecule has 0 bridgehead atoms. The predicted molar refractivity (Wildman–Crippen MR) is 64.2 cm³/mol. The third kappa shape index (κ3) is 2.01. The number of piperazine rings is 1. The maximum Gasteiger partial charge on any atom is 0.152 e. The normalized spacial score (nSPS) is 32.8. The van der Waals surface area contributed by atoms with E-state index in [-0.39, 0.29) is 6.10 Å². The first kappa shape index (κ1) is 11.0. The first-order chi connectivity index (χ1) is 7.77. The van der Waals surface area contributed by atoms with E-state index in [2.05, 4.69) is 4.90 Å². The third-order valence-corrected chi connectivity index (χ3v) is 5.01. The maximum atomic E-state index is 9.45. The zero-order valence-corrected chi connectivity index (χ0v) is 10.3. The van der Waals surface area contributed by atoms with Crippen LogP contribution in [-0.2, 0) is 0 Å². The zero-order valence-electron chi connectivity index (χ0n) is 10.3. The number of quaternary nitrogens is 1. The van der Waals surface area contributed by atoms with E-state index in [0.717, 1.165) is 19.1 Å². The quantitative estimate of drug-likeness (QED) is 0.668. The molecule has 0 unspecified atom stereocenters. The van der Waals surface area contributed by atoms with Crippen LogP contribution in [0.1, 0.15) is 32.1 Å². The minimum absolute atomic E-state index is 0.00114. The number of hydrogen-bond acceptors (Lipinski definition) is 2. The van der Waals surface area contributed by atoms with Crippen molar-refractivity contribution in [1.29, 1.82) is 0 Å². The van der Waals surface area contributed by atoms with Crippen LogP contribution in [0, 0.1) is 0 Å². The molecule has 16 heavy (non-hydrogen) atoms. The van der Waals surface area contributed by atoms with Crippen molar-refractivity contribution in [3.8, 4) is 0 Å². The Balaban J connectivity index is 1.50. The number of hydrogen-bond donors (Lipinski definition) is 1. The summed E-state index contributed by atoms with van der Waals surface area (Å²) in [6, 6.07) is 0.889. The third-order valence-electron chi connectivity index (χ3n) is 5.01. The molecule has 3 nitrogen and oxygen atoms in total. The highest BCUT2D eigenvalue weighted by Gasteiger charge is 2.45. The van der Waals surface area contributed by atoms with Gasteiger partial charge in [-0.3, -0.25) is 4.90 Å². The van der Waals surface area contributed by atoms with Gasteiger partial charge in [0.2, 0.25) is 0 Å². The summed E-state index contributed by atoms with van der Waals surface area (Å²) in [6.45, 7) is 7.17. The van der Waals surface area contributed by atoms with Crippen LogP contribution in [0.4, 0.5) is 0 Å². The Hall–Kier alpha value is -0.120. The number of aliphatic hydroxyl groups is 1. The lowest BCUT2D eigenvalue weighted by atomic mass is 9.93. The lowest BCUT2D eigenvalue weighted by molar-refractivity contribution is -0.975. The molecule has 0 radical (unpaired) electrons. The van der Waals surface area contributed by atoms with Crippen LogP contribution in [0.25, 0.3) is 0 Å². The summed E-state index contributed by atoms with van der Waals surface area (Å²) in [7, 11) is 0. The fourth-order valence-electron chi connectivity index (χ4n) is 3.92. The summed E-state index contributed by atoms with van der Waals surface area (Å²) in [5.74, 6) is 0. The second-order valence-corrected chi connectivity index (χ2v) is 6.14. The van der Waals surface area contributed by atoms with E-state index in [4.69, 9.17) is 0 Å². The van der Waals surface area contributed by atoms with Gasteiger partial charge in [-0.25, -0.2) is 0 Å². The van der Waals surface area contributed by atoms with Gasteiger partial charge < -0.3 is 9.59 Å². The summed E-state index contributed by atoms with van der Waals surface area (Å²) in [5.41, 5.74) is 0. The number of rotatable bonds is 1. The smallest absolute Gasteiger partial charge is 0.152 e. The van der Waals surface area contributed by atoms with E-state index < -0.39 is 0 Å². The largest absolute Gasteiger partial charge is 0.382 e. The molecule has 1 saturated carbocycles. The van der Waals surface area contributed by atoms with Crippen LogP contribution >= 0.6 is 0 Å². The van der Waals surface area contributed by atoms with E-state index >= 15 is 0 Å². The highest BCUT2D eigenvalue weighted by molar-refractivity contribution is 4.80. The van der Waals surface area contributed by atoms with Gasteiger partial charge in [-0.05, 0) is 12.8 Å². The van der Waals surface area contributed by atoms with Crippen molar-refractivity contribution < 1.29 is 9.59 Å². The molecule has 3 rings (SSSR count). The van der Waals surface area contributed by atoms with E-state index in [1.54, 1.807) is 0 Å². The fourth-order valence-corrected chi connectivity index (χ4v) is 3.92. The highest BCUT2D eigenvalue weighted by atomic mass is 16.3. The van der Waals surface area contributed by atoms with Crippen molar-refractivity contribution in [2.24, 2.45) is 0 Å². The van der Waals surface area contributed by atoms with Gasteiger partial charge in [0.05, 0.1) is 13.1 Å². The SMILES string of the molecule is OC1C[N+]2(CCN(C3CCCCC3)CC2)C1. The Labute approximate surface area is 98.6 Å². The molecule has 3 fully saturated rings. The van der Waals surface area contributed by atoms with Crippen LogP contribution in [-0.4, -0.2) is 65.9 Å². The van der Waals surface area contributed by atoms with Gasteiger partial charge in [0.1, 0.15) is 13.1 Å². The van der Waals surface area contributed by atoms with E-state index in [1.165, 1.54) is 62.8 Å². The summed E-state index contributed by atoms with van der Waals surface area (Å²) in [5, 5.41) is 9.45. The molecule has 2 aliphatic heterocycles. The lowest BCUT2D eigenvalue weighted by Crippen LogP contribution is -2.72. The van der Waals surface area contributed by atoms with Crippen molar-refractivity contribution in [2.45, 2.75) is 44.2 Å². The topological polar surface area (TPSA) is 23.5 Å². The van der Waals surface area contributed by atoms with E-state index in [1.807, 2.05) is 0 Å². The van der Waals surface area contributed by atoms with Crippen LogP contribution in [0.5, 0.6) is 0 Å². The first-order valence-electron chi connectivity index (χ1n) is 7.05. The zero-order chi connectivity index (χ0) is 11.0. The van der Waals surface area contributed by atoms with Crippen molar-refractivity contribution in [3.05, 3.63) is 0 Å². The summed E-state index contributed by atoms with van der Waals surface area (Å²) in [6.07, 6.45) is 7.21. The van der Waals surface area contributed by atoms with Crippen LogP contribution < -0.4 is 0 Å². The van der Waals surface area contributed by atoms with Crippen LogP contribution in [0.3, 0.4) is 0 Å². The molecule has 92 valence electrons. The first-order valence-corrected chi connectivity index (χ1v) is 7.05. The molecule has 1 N–H and O–H groups in total. The second kappa shape index (κ2) is 4.28. The molecule has 1 aliphatic carbocycles. The molecule has 2 saturated heterocycles. The van der Waals surface area contributed by atoms with Gasteiger partial charge in [0, 0.05) is 19.1 Å². The van der Waals surface area contributed by atoms with Gasteiger partial charge in [0.15, 0.2) is 6.10 Å². The van der Waals surface area contributed by atoms with Crippen molar-refractivity contribution in [3.63, 3.8) is 0 Å². The van der Waals surface area contributed by atoms with Gasteiger partial charge in [0.25, 0.3) is 0 Å². The lowest BCUT2D eigenvalue weighted by Gasteiger charge is -2.53. The predicted octanol–water partition coefficient (Wildman–Crippen LogP) is 0.826. The number of nitrogens with zero attached hydrogens (tertiary/aromatic N) is 2. The molecule has 3 aliphatic rings. The molecule has 0 aromatic heterocycles. The Kier molecular flexibility index (Phi) is 2.94. The molecule has 3 heteroatoms. The molecule has 0 amide bonds. The fraction of sp³-hybridized carbons (Fsp3) is 1.00. The second-order valence-electron chi connectivity index (χ2n) is 6.14. The Morgan fingerprint density at radius 1 is 0.938 bits per heavy atom. The van der Waals surface area contributed by atoms with Gasteiger partial charge in [-0.15, -0.1) is 0 Å². The molecule has 1 spiro atoms. The van der Waals surface area contributed by atoms with Crippen molar-refractivity contribution >= 4 is 0 Å². The minimum Gasteiger partial charge on any atom is -0.382 e. The summed E-state index contributed by atoms with van der Waals surface area (Å²) >= 11 is 0. The highest BCUT2D eigenvalue weighted by Crippen LogP contribution is 2.28. The Morgan fingerprint density at radius 3 is 2.12 bits per heavy atom. The Bertz CT molecular complexity index is 234. The maximum absolute atomic E-state index is 9.45. The van der Waals surface area contributed by atoms with Gasteiger partial charge in [-0.2, -0.15) is 0 Å². The molecule has 0 aromatic rings. The van der Waals surface area contributed by atoms with Gasteiger partial charge in [-0.1, -0.05) is 19.3 Å². The van der Waals surface area contributed by atoms with E-state index in [9.17, 15) is 5.11 Å². The van der Waals surface area contributed by atoms with Crippen LogP contribution in [0.15, 0.2) is 0 Å². The average molecular weight is 225 g/mol. The molecule has 0 aromatic carbocycles. The number of aliphatic hydroxyl groups excluding tert-OH is 1. The average Bonchev–Trinajstić information content (AvgIpc) is 2.29. The Morgan fingerprint density at radius 2 is 1.56 bits per heavy atom. The monoisotopic (exact) mass is 225 g/mol.